The van der Waals surface area contributed by atoms with Crippen LogP contribution in [-0.4, -0.2) is 58.0 Å². The topological polar surface area (TPSA) is 105 Å². The lowest BCUT2D eigenvalue weighted by Crippen LogP contribution is -2.54. The molecule has 1 N–H and O–H groups in total. The minimum Gasteiger partial charge on any atom is -0.493 e. The van der Waals surface area contributed by atoms with Crippen LogP contribution in [0.1, 0.15) is 25.0 Å². The Morgan fingerprint density at radius 3 is 2.02 bits per heavy atom. The van der Waals surface area contributed by atoms with Gasteiger partial charge in [0, 0.05) is 25.1 Å². The number of carbonyl (C=O) groups excluding carboxylic acids is 2. The molecular formula is C35H37Cl2N3O6S. The molecule has 0 saturated heterocycles. The molecule has 0 aromatic heterocycles. The highest BCUT2D eigenvalue weighted by molar-refractivity contribution is 7.92. The lowest BCUT2D eigenvalue weighted by molar-refractivity contribution is -0.140. The number of anilines is 1. The van der Waals surface area contributed by atoms with Gasteiger partial charge in [0.2, 0.25) is 11.8 Å². The van der Waals surface area contributed by atoms with E-state index >= 15 is 0 Å². The normalized spacial score (nSPS) is 11.9. The van der Waals surface area contributed by atoms with Crippen LogP contribution in [0.25, 0.3) is 0 Å². The summed E-state index contributed by atoms with van der Waals surface area (Å²) in [6.07, 6.45) is 0.175. The molecule has 0 radical (unpaired) electrons. The number of halogens is 2. The van der Waals surface area contributed by atoms with Crippen molar-refractivity contribution in [2.24, 2.45) is 0 Å². The number of hydrogen-bond donors (Lipinski definition) is 1. The van der Waals surface area contributed by atoms with Crippen LogP contribution in [0.4, 0.5) is 5.69 Å². The Bertz CT molecular complexity index is 1790. The van der Waals surface area contributed by atoms with Crippen molar-refractivity contribution in [3.8, 4) is 11.5 Å². The fourth-order valence-corrected chi connectivity index (χ4v) is 6.75. The van der Waals surface area contributed by atoms with Gasteiger partial charge in [-0.05, 0) is 61.4 Å². The van der Waals surface area contributed by atoms with Crippen molar-refractivity contribution < 1.29 is 27.5 Å². The first kappa shape index (κ1) is 35.6. The maximum absolute atomic E-state index is 14.6. The van der Waals surface area contributed by atoms with Gasteiger partial charge in [-0.25, -0.2) is 8.42 Å². The quantitative estimate of drug-likeness (QED) is 0.164. The molecule has 4 aromatic rings. The van der Waals surface area contributed by atoms with Crippen molar-refractivity contribution in [2.75, 3.05) is 25.1 Å². The van der Waals surface area contributed by atoms with Crippen LogP contribution in [0.2, 0.25) is 10.0 Å². The van der Waals surface area contributed by atoms with Crippen molar-refractivity contribution >= 4 is 50.7 Å². The molecule has 1 atom stereocenters. The summed E-state index contributed by atoms with van der Waals surface area (Å²) < 4.78 is 40.2. The summed E-state index contributed by atoms with van der Waals surface area (Å²) in [5, 5.41) is 3.54. The molecule has 4 aromatic carbocycles. The summed E-state index contributed by atoms with van der Waals surface area (Å²) in [4.78, 5) is 29.8. The first-order valence-corrected chi connectivity index (χ1v) is 17.0. The highest BCUT2D eigenvalue weighted by Gasteiger charge is 2.35. The number of hydrogen-bond acceptors (Lipinski definition) is 6. The molecule has 0 heterocycles. The second-order valence-corrected chi connectivity index (χ2v) is 13.7. The summed E-state index contributed by atoms with van der Waals surface area (Å²) in [6.45, 7) is 2.97. The summed E-state index contributed by atoms with van der Waals surface area (Å²) in [5.74, 6) is -0.350. The highest BCUT2D eigenvalue weighted by Crippen LogP contribution is 2.34. The van der Waals surface area contributed by atoms with Crippen molar-refractivity contribution in [2.45, 2.75) is 43.8 Å². The summed E-state index contributed by atoms with van der Waals surface area (Å²) in [7, 11) is -1.38. The summed E-state index contributed by atoms with van der Waals surface area (Å²) in [6, 6.07) is 25.4. The van der Waals surface area contributed by atoms with Crippen LogP contribution < -0.4 is 19.1 Å². The Hall–Kier alpha value is -4.25. The van der Waals surface area contributed by atoms with Gasteiger partial charge in [-0.15, -0.1) is 0 Å². The number of amides is 2. The first-order valence-electron chi connectivity index (χ1n) is 14.8. The third-order valence-electron chi connectivity index (χ3n) is 7.30. The predicted octanol–water partition coefficient (Wildman–Crippen LogP) is 6.37. The van der Waals surface area contributed by atoms with Gasteiger partial charge in [0.25, 0.3) is 10.0 Å². The van der Waals surface area contributed by atoms with Crippen LogP contribution in [0, 0.1) is 0 Å². The number of methoxy groups -OCH3 is 2. The Morgan fingerprint density at radius 2 is 1.43 bits per heavy atom. The lowest BCUT2D eigenvalue weighted by Gasteiger charge is -2.34. The zero-order chi connectivity index (χ0) is 34.1. The fourth-order valence-electron chi connectivity index (χ4n) is 5.00. The highest BCUT2D eigenvalue weighted by atomic mass is 35.5. The van der Waals surface area contributed by atoms with Gasteiger partial charge in [0.05, 0.1) is 34.8 Å². The van der Waals surface area contributed by atoms with Gasteiger partial charge in [-0.2, -0.15) is 0 Å². The van der Waals surface area contributed by atoms with Crippen LogP contribution >= 0.6 is 23.2 Å². The molecule has 0 aliphatic heterocycles. The van der Waals surface area contributed by atoms with E-state index in [2.05, 4.69) is 5.32 Å². The van der Waals surface area contributed by atoms with Crippen molar-refractivity contribution in [3.63, 3.8) is 0 Å². The van der Waals surface area contributed by atoms with Crippen LogP contribution in [0.3, 0.4) is 0 Å². The molecule has 0 aliphatic carbocycles. The maximum atomic E-state index is 14.6. The molecule has 248 valence electrons. The first-order chi connectivity index (χ1) is 22.4. The van der Waals surface area contributed by atoms with E-state index in [4.69, 9.17) is 32.7 Å². The molecule has 0 fully saturated rings. The van der Waals surface area contributed by atoms with E-state index in [0.717, 1.165) is 9.87 Å². The summed E-state index contributed by atoms with van der Waals surface area (Å²) >= 11 is 12.5. The molecule has 9 nitrogen and oxygen atoms in total. The van der Waals surface area contributed by atoms with E-state index in [1.807, 2.05) is 44.2 Å². The molecule has 2 amide bonds. The van der Waals surface area contributed by atoms with Crippen molar-refractivity contribution in [1.82, 2.24) is 10.2 Å². The van der Waals surface area contributed by atoms with Gasteiger partial charge in [0.1, 0.15) is 12.6 Å². The van der Waals surface area contributed by atoms with E-state index in [0.29, 0.717) is 16.3 Å². The molecule has 0 saturated carbocycles. The Kier molecular flexibility index (Phi) is 12.1. The zero-order valence-electron chi connectivity index (χ0n) is 26.5. The van der Waals surface area contributed by atoms with Crippen LogP contribution in [0.15, 0.2) is 102 Å². The lowest BCUT2D eigenvalue weighted by atomic mass is 10.0. The molecule has 0 bridgehead atoms. The predicted molar refractivity (Wildman–Crippen MR) is 185 cm³/mol. The Morgan fingerprint density at radius 1 is 0.787 bits per heavy atom. The molecule has 1 unspecified atom stereocenters. The third kappa shape index (κ3) is 8.97. The van der Waals surface area contributed by atoms with Gasteiger partial charge in [0.15, 0.2) is 11.5 Å². The van der Waals surface area contributed by atoms with Gasteiger partial charge in [-0.3, -0.25) is 13.9 Å². The van der Waals surface area contributed by atoms with E-state index < -0.39 is 28.5 Å². The largest absolute Gasteiger partial charge is 0.493 e. The number of benzene rings is 4. The van der Waals surface area contributed by atoms with Crippen LogP contribution in [-0.2, 0) is 32.6 Å². The van der Waals surface area contributed by atoms with Crippen molar-refractivity contribution in [3.05, 3.63) is 118 Å². The summed E-state index contributed by atoms with van der Waals surface area (Å²) in [5.41, 5.74) is 1.59. The van der Waals surface area contributed by atoms with Gasteiger partial charge >= 0.3 is 0 Å². The maximum Gasteiger partial charge on any atom is 0.264 e. The zero-order valence-corrected chi connectivity index (χ0v) is 28.9. The molecule has 4 rings (SSSR count). The second kappa shape index (κ2) is 16.0. The van der Waals surface area contributed by atoms with Crippen molar-refractivity contribution in [1.29, 1.82) is 0 Å². The molecule has 47 heavy (non-hydrogen) atoms. The number of rotatable bonds is 14. The monoisotopic (exact) mass is 697 g/mol. The fraction of sp³-hybridized carbons (Fsp3) is 0.257. The van der Waals surface area contributed by atoms with Crippen LogP contribution in [0.5, 0.6) is 11.5 Å². The van der Waals surface area contributed by atoms with Gasteiger partial charge in [-0.1, -0.05) is 77.8 Å². The molecule has 12 heteroatoms. The van der Waals surface area contributed by atoms with E-state index in [9.17, 15) is 18.0 Å². The smallest absolute Gasteiger partial charge is 0.264 e. The minimum atomic E-state index is -4.29. The SMILES string of the molecule is COc1ccc(N(CC(=O)N(Cc2ccc(Cl)c(Cl)c2)C(Cc2ccccc2)C(=O)NC(C)C)S(=O)(=O)c2ccccc2)cc1OC. The van der Waals surface area contributed by atoms with Gasteiger partial charge < -0.3 is 19.7 Å². The molecular weight excluding hydrogens is 661 g/mol. The average molecular weight is 699 g/mol. The van der Waals surface area contributed by atoms with E-state index in [1.165, 1.54) is 43.4 Å². The van der Waals surface area contributed by atoms with E-state index in [1.54, 1.807) is 42.5 Å². The number of sulfonamides is 1. The Balaban J connectivity index is 1.85. The number of nitrogens with zero attached hydrogens (tertiary/aromatic N) is 2. The molecule has 0 spiro atoms. The Labute approximate surface area is 286 Å². The second-order valence-electron chi connectivity index (χ2n) is 11.0. The van der Waals surface area contributed by atoms with E-state index in [-0.39, 0.29) is 46.3 Å². The molecule has 0 aliphatic rings. The third-order valence-corrected chi connectivity index (χ3v) is 9.83. The number of nitrogens with one attached hydrogen (secondary N) is 1. The number of ether oxygens (including phenoxy) is 2. The average Bonchev–Trinajstić information content (AvgIpc) is 3.06. The standard InChI is InChI=1S/C35H37Cl2N3O6S/c1-24(2)38-35(42)31(20-25-11-7-5-8-12-25)39(22-26-15-17-29(36)30(37)19-26)34(41)23-40(47(43,44)28-13-9-6-10-14-28)27-16-18-32(45-3)33(21-27)46-4/h5-19,21,24,31H,20,22-23H2,1-4H3,(H,38,42). The number of carbonyl (C=O) groups is 2. The minimum absolute atomic E-state index is 0.0167.